The molecule has 0 spiro atoms. The second kappa shape index (κ2) is 11.4. The quantitative estimate of drug-likeness (QED) is 0.141. The minimum absolute atomic E-state index is 0.119. The molecule has 44 heavy (non-hydrogen) atoms. The van der Waals surface area contributed by atoms with Crippen molar-refractivity contribution in [3.63, 3.8) is 0 Å². The molecule has 1 atom stereocenters. The van der Waals surface area contributed by atoms with E-state index < -0.39 is 11.4 Å². The topological polar surface area (TPSA) is 96.5 Å². The third-order valence-corrected chi connectivity index (χ3v) is 7.62. The fourth-order valence-corrected chi connectivity index (χ4v) is 5.63. The molecular formula is C35H34FN3O5. The number of carbonyl (C=O) groups excluding carboxylic acids is 2. The Bertz CT molecular complexity index is 1880. The lowest BCUT2D eigenvalue weighted by Crippen LogP contribution is -2.23. The van der Waals surface area contributed by atoms with Gasteiger partial charge in [-0.25, -0.2) is 18.9 Å². The second-order valence-electron chi connectivity index (χ2n) is 12.2. The predicted molar refractivity (Wildman–Crippen MR) is 163 cm³/mol. The fraction of sp³-hybridized carbons (Fsp3) is 0.314. The minimum atomic E-state index is -0.579. The molecule has 9 heteroatoms. The Morgan fingerprint density at radius 1 is 1.05 bits per heavy atom. The van der Waals surface area contributed by atoms with Crippen molar-refractivity contribution in [3.8, 4) is 11.4 Å². The van der Waals surface area contributed by atoms with Crippen molar-refractivity contribution in [2.75, 3.05) is 0 Å². The highest BCUT2D eigenvalue weighted by Crippen LogP contribution is 2.37. The van der Waals surface area contributed by atoms with Crippen molar-refractivity contribution >= 4 is 22.9 Å². The summed E-state index contributed by atoms with van der Waals surface area (Å²) < 4.78 is 34.1. The Kier molecular flexibility index (Phi) is 7.57. The molecule has 1 aliphatic rings. The third-order valence-electron chi connectivity index (χ3n) is 7.62. The van der Waals surface area contributed by atoms with Gasteiger partial charge in [0.05, 0.1) is 22.6 Å². The normalized spacial score (nSPS) is 14.8. The van der Waals surface area contributed by atoms with E-state index in [1.54, 1.807) is 55.5 Å². The van der Waals surface area contributed by atoms with E-state index in [1.807, 2.05) is 38.4 Å². The number of hydrogen-bond acceptors (Lipinski definition) is 7. The van der Waals surface area contributed by atoms with Crippen LogP contribution in [0.4, 0.5) is 4.39 Å². The zero-order valence-electron chi connectivity index (χ0n) is 25.4. The molecule has 5 aromatic rings. The highest BCUT2D eigenvalue weighted by atomic mass is 19.1. The summed E-state index contributed by atoms with van der Waals surface area (Å²) in [6.07, 6.45) is 2.21. The Hall–Kier alpha value is -4.79. The van der Waals surface area contributed by atoms with Crippen LogP contribution in [0.5, 0.6) is 5.75 Å². The van der Waals surface area contributed by atoms with E-state index in [-0.39, 0.29) is 29.8 Å². The van der Waals surface area contributed by atoms with E-state index in [2.05, 4.69) is 4.98 Å². The molecule has 6 rings (SSSR count). The van der Waals surface area contributed by atoms with Crippen LogP contribution < -0.4 is 4.74 Å². The maximum Gasteiger partial charge on any atom is 0.338 e. The lowest BCUT2D eigenvalue weighted by atomic mass is 9.93. The van der Waals surface area contributed by atoms with Crippen LogP contribution in [0.1, 0.15) is 88.8 Å². The average Bonchev–Trinajstić information content (AvgIpc) is 3.51. The van der Waals surface area contributed by atoms with Crippen LogP contribution in [0.3, 0.4) is 0 Å². The number of ketones is 1. The van der Waals surface area contributed by atoms with Crippen molar-refractivity contribution in [1.29, 1.82) is 0 Å². The third kappa shape index (κ3) is 6.00. The number of esters is 1. The van der Waals surface area contributed by atoms with Crippen LogP contribution in [0.2, 0.25) is 0 Å². The summed E-state index contributed by atoms with van der Waals surface area (Å²) in [4.78, 5) is 30.0. The maximum absolute atomic E-state index is 14.8. The molecule has 0 aliphatic heterocycles. The van der Waals surface area contributed by atoms with E-state index >= 15 is 0 Å². The molecule has 0 N–H and O–H groups in total. The van der Waals surface area contributed by atoms with Gasteiger partial charge in [-0.2, -0.15) is 5.10 Å². The zero-order valence-corrected chi connectivity index (χ0v) is 25.4. The van der Waals surface area contributed by atoms with Crippen molar-refractivity contribution in [3.05, 3.63) is 106 Å². The molecule has 3 aromatic carbocycles. The van der Waals surface area contributed by atoms with E-state index in [1.165, 1.54) is 6.07 Å². The summed E-state index contributed by atoms with van der Waals surface area (Å²) in [6.45, 7) is 9.17. The molecule has 0 saturated carbocycles. The number of nitrogens with zero attached hydrogens (tertiary/aromatic N) is 3. The first-order valence-corrected chi connectivity index (χ1v) is 14.7. The molecule has 1 aliphatic carbocycles. The number of hydrogen-bond donors (Lipinski definition) is 0. The molecule has 2 heterocycles. The largest absolute Gasteiger partial charge is 0.484 e. The maximum atomic E-state index is 14.8. The molecule has 0 radical (unpaired) electrons. The number of aromatic nitrogens is 3. The van der Waals surface area contributed by atoms with E-state index in [0.29, 0.717) is 33.9 Å². The average molecular weight is 596 g/mol. The smallest absolute Gasteiger partial charge is 0.338 e. The Morgan fingerprint density at radius 3 is 2.57 bits per heavy atom. The van der Waals surface area contributed by atoms with Gasteiger partial charge < -0.3 is 13.9 Å². The monoisotopic (exact) mass is 595 g/mol. The number of ether oxygens (including phenoxy) is 2. The van der Waals surface area contributed by atoms with Crippen LogP contribution in [0, 0.1) is 19.7 Å². The number of rotatable bonds is 7. The molecular weight excluding hydrogens is 561 g/mol. The zero-order chi connectivity index (χ0) is 31.2. The number of halogens is 1. The summed E-state index contributed by atoms with van der Waals surface area (Å²) in [5.41, 5.74) is 5.14. The predicted octanol–water partition coefficient (Wildman–Crippen LogP) is 7.61. The molecule has 1 unspecified atom stereocenters. The van der Waals surface area contributed by atoms with Gasteiger partial charge in [0.2, 0.25) is 0 Å². The van der Waals surface area contributed by atoms with Crippen molar-refractivity contribution in [2.24, 2.45) is 0 Å². The Labute approximate surface area is 254 Å². The number of benzene rings is 3. The van der Waals surface area contributed by atoms with Gasteiger partial charge in [-0.15, -0.1) is 0 Å². The number of Topliss-reactive ketones (excluding diaryl/α,β-unsaturated/α-hetero) is 1. The van der Waals surface area contributed by atoms with Gasteiger partial charge in [0.25, 0.3) is 0 Å². The van der Waals surface area contributed by atoms with Crippen molar-refractivity contribution in [1.82, 2.24) is 14.8 Å². The molecule has 2 aromatic heterocycles. The summed E-state index contributed by atoms with van der Waals surface area (Å²) in [7, 11) is 0. The summed E-state index contributed by atoms with van der Waals surface area (Å²) in [5, 5.41) is 4.85. The Morgan fingerprint density at radius 2 is 1.82 bits per heavy atom. The SMILES string of the molecule is Cc1nc2cc(F)c(CC(=O)c3cccc(-n4nc(C)c5c4C(Oc4ccc(C(=O)OC(C)(C)C)cc4)CCC5)c3)cc2o1. The van der Waals surface area contributed by atoms with Crippen LogP contribution >= 0.6 is 0 Å². The summed E-state index contributed by atoms with van der Waals surface area (Å²) >= 11 is 0. The van der Waals surface area contributed by atoms with Gasteiger partial charge in [-0.05, 0) is 95.0 Å². The first-order chi connectivity index (χ1) is 20.9. The van der Waals surface area contributed by atoms with Crippen LogP contribution in [0.15, 0.2) is 65.1 Å². The molecule has 0 saturated heterocycles. The standard InChI is InChI=1S/C35H34FN3O5/c1-20-27-10-7-11-31(43-26-14-12-22(13-15-26)34(41)44-35(3,4)5)33(27)39(38-20)25-9-6-8-23(16-25)30(40)17-24-18-32-29(19-28(24)36)37-21(2)42-32/h6,8-9,12-16,18-19,31H,7,10-11,17H2,1-5H3. The van der Waals surface area contributed by atoms with Gasteiger partial charge in [0.1, 0.15) is 28.8 Å². The van der Waals surface area contributed by atoms with E-state index in [4.69, 9.17) is 19.0 Å². The van der Waals surface area contributed by atoms with Crippen LogP contribution in [0.25, 0.3) is 16.8 Å². The van der Waals surface area contributed by atoms with Crippen molar-refractivity contribution < 1.29 is 27.9 Å². The molecule has 0 bridgehead atoms. The highest BCUT2D eigenvalue weighted by molar-refractivity contribution is 5.98. The van der Waals surface area contributed by atoms with Gasteiger partial charge in [-0.1, -0.05) is 12.1 Å². The van der Waals surface area contributed by atoms with Gasteiger partial charge in [0.15, 0.2) is 17.3 Å². The van der Waals surface area contributed by atoms with Crippen LogP contribution in [-0.4, -0.2) is 32.1 Å². The number of carbonyl (C=O) groups is 2. The van der Waals surface area contributed by atoms with E-state index in [0.717, 1.165) is 41.9 Å². The second-order valence-corrected chi connectivity index (χ2v) is 12.2. The summed E-state index contributed by atoms with van der Waals surface area (Å²) in [5.74, 6) is -0.0365. The number of oxazole rings is 1. The first kappa shape index (κ1) is 29.3. The Balaban J connectivity index is 1.25. The minimum Gasteiger partial charge on any atom is -0.484 e. The summed E-state index contributed by atoms with van der Waals surface area (Å²) in [6, 6.07) is 17.0. The highest BCUT2D eigenvalue weighted by Gasteiger charge is 2.30. The fourth-order valence-electron chi connectivity index (χ4n) is 5.63. The molecule has 0 amide bonds. The molecule has 0 fully saturated rings. The molecule has 8 nitrogen and oxygen atoms in total. The number of fused-ring (bicyclic) bond motifs is 2. The lowest BCUT2D eigenvalue weighted by Gasteiger charge is -2.26. The van der Waals surface area contributed by atoms with Gasteiger partial charge in [0, 0.05) is 30.5 Å². The van der Waals surface area contributed by atoms with E-state index in [9.17, 15) is 14.0 Å². The number of aryl methyl sites for hydroxylation is 2. The van der Waals surface area contributed by atoms with Gasteiger partial charge >= 0.3 is 5.97 Å². The van der Waals surface area contributed by atoms with Crippen molar-refractivity contribution in [2.45, 2.75) is 72.0 Å². The molecule has 226 valence electrons. The first-order valence-electron chi connectivity index (χ1n) is 14.7. The van der Waals surface area contributed by atoms with Crippen LogP contribution in [-0.2, 0) is 17.6 Å². The lowest BCUT2D eigenvalue weighted by molar-refractivity contribution is 0.00693. The van der Waals surface area contributed by atoms with Gasteiger partial charge in [-0.3, -0.25) is 4.79 Å².